The Labute approximate surface area is 97.1 Å². The van der Waals surface area contributed by atoms with Crippen molar-refractivity contribution >= 4 is 0 Å². The van der Waals surface area contributed by atoms with Gasteiger partial charge >= 0.3 is 0 Å². The molecule has 2 aromatic rings. The van der Waals surface area contributed by atoms with E-state index in [1.165, 1.54) is 0 Å². The van der Waals surface area contributed by atoms with Crippen molar-refractivity contribution in [2.45, 2.75) is 12.3 Å². The molecular weight excluding hydrogens is 226 g/mol. The zero-order valence-electron chi connectivity index (χ0n) is 9.03. The predicted octanol–water partition coefficient (Wildman–Crippen LogP) is 2.55. The lowest BCUT2D eigenvalue weighted by molar-refractivity contribution is -0.0263. The highest BCUT2D eigenvalue weighted by atomic mass is 19.3. The molecule has 0 spiro atoms. The summed E-state index contributed by atoms with van der Waals surface area (Å²) >= 11 is 0. The van der Waals surface area contributed by atoms with Gasteiger partial charge in [-0.25, -0.2) is 8.78 Å². The topological polar surface area (TPSA) is 48.9 Å². The minimum atomic E-state index is -3.08. The first kappa shape index (κ1) is 11.7. The van der Waals surface area contributed by atoms with Gasteiger partial charge in [0.05, 0.1) is 17.5 Å². The van der Waals surface area contributed by atoms with Crippen LogP contribution in [0.3, 0.4) is 0 Å². The maximum atomic E-state index is 13.7. The fourth-order valence-electron chi connectivity index (χ4n) is 1.66. The summed E-state index contributed by atoms with van der Waals surface area (Å²) < 4.78 is 27.4. The van der Waals surface area contributed by atoms with Crippen molar-refractivity contribution in [1.82, 2.24) is 10.2 Å². The zero-order chi connectivity index (χ0) is 12.3. The van der Waals surface area contributed by atoms with Crippen molar-refractivity contribution in [2.75, 3.05) is 6.61 Å². The van der Waals surface area contributed by atoms with E-state index >= 15 is 0 Å². The maximum absolute atomic E-state index is 13.7. The number of hydrogen-bond donors (Lipinski definition) is 2. The molecule has 0 aliphatic rings. The number of aromatic amines is 1. The summed E-state index contributed by atoms with van der Waals surface area (Å²) in [7, 11) is 0. The average molecular weight is 238 g/mol. The summed E-state index contributed by atoms with van der Waals surface area (Å²) in [6.07, 6.45) is 0.504. The van der Waals surface area contributed by atoms with Gasteiger partial charge in [-0.1, -0.05) is 30.3 Å². The number of benzene rings is 1. The van der Waals surface area contributed by atoms with E-state index in [0.29, 0.717) is 11.3 Å². The molecule has 17 heavy (non-hydrogen) atoms. The highest BCUT2D eigenvalue weighted by Gasteiger charge is 2.35. The van der Waals surface area contributed by atoms with Crippen LogP contribution in [0.15, 0.2) is 36.5 Å². The Morgan fingerprint density at radius 1 is 1.24 bits per heavy atom. The molecule has 0 saturated heterocycles. The Hall–Kier alpha value is -1.75. The SMILES string of the molecule is OCCC(F)(F)c1cn[nH]c1-c1ccccc1. The van der Waals surface area contributed by atoms with E-state index < -0.39 is 19.0 Å². The molecular formula is C12H12F2N2O. The Morgan fingerprint density at radius 3 is 2.59 bits per heavy atom. The lowest BCUT2D eigenvalue weighted by atomic mass is 10.0. The van der Waals surface area contributed by atoms with E-state index in [1.54, 1.807) is 24.3 Å². The molecule has 0 amide bonds. The third-order valence-corrected chi connectivity index (χ3v) is 2.52. The van der Waals surface area contributed by atoms with Crippen LogP contribution in [0.25, 0.3) is 11.3 Å². The molecule has 3 nitrogen and oxygen atoms in total. The summed E-state index contributed by atoms with van der Waals surface area (Å²) in [6.45, 7) is -0.563. The van der Waals surface area contributed by atoms with Gasteiger partial charge in [-0.05, 0) is 0 Å². The van der Waals surface area contributed by atoms with Crippen molar-refractivity contribution < 1.29 is 13.9 Å². The predicted molar refractivity (Wildman–Crippen MR) is 59.6 cm³/mol. The number of H-pyrrole nitrogens is 1. The zero-order valence-corrected chi connectivity index (χ0v) is 9.03. The number of hydrogen-bond acceptors (Lipinski definition) is 2. The van der Waals surface area contributed by atoms with Gasteiger partial charge in [0.25, 0.3) is 5.92 Å². The van der Waals surface area contributed by atoms with Crippen LogP contribution in [-0.4, -0.2) is 21.9 Å². The summed E-state index contributed by atoms with van der Waals surface area (Å²) in [5.41, 5.74) is 0.763. The summed E-state index contributed by atoms with van der Waals surface area (Å²) in [5.74, 6) is -3.08. The van der Waals surface area contributed by atoms with Crippen molar-refractivity contribution in [3.63, 3.8) is 0 Å². The smallest absolute Gasteiger partial charge is 0.279 e. The summed E-state index contributed by atoms with van der Waals surface area (Å²) in [5, 5.41) is 14.9. The fraction of sp³-hybridized carbons (Fsp3) is 0.250. The number of rotatable bonds is 4. The minimum Gasteiger partial charge on any atom is -0.396 e. The number of aliphatic hydroxyl groups is 1. The lowest BCUT2D eigenvalue weighted by Crippen LogP contribution is -2.15. The molecule has 0 radical (unpaired) electrons. The number of nitrogens with zero attached hydrogens (tertiary/aromatic N) is 1. The van der Waals surface area contributed by atoms with E-state index in [0.717, 1.165) is 6.20 Å². The molecule has 2 rings (SSSR count). The number of nitrogens with one attached hydrogen (secondary N) is 1. The number of halogens is 2. The van der Waals surface area contributed by atoms with Crippen LogP contribution in [0.5, 0.6) is 0 Å². The molecule has 5 heteroatoms. The van der Waals surface area contributed by atoms with Gasteiger partial charge in [0.2, 0.25) is 0 Å². The van der Waals surface area contributed by atoms with Crippen molar-refractivity contribution in [3.8, 4) is 11.3 Å². The van der Waals surface area contributed by atoms with Crippen molar-refractivity contribution in [3.05, 3.63) is 42.1 Å². The van der Waals surface area contributed by atoms with E-state index in [9.17, 15) is 8.78 Å². The van der Waals surface area contributed by atoms with E-state index in [4.69, 9.17) is 5.11 Å². The van der Waals surface area contributed by atoms with E-state index in [2.05, 4.69) is 10.2 Å². The first-order valence-electron chi connectivity index (χ1n) is 5.23. The second-order valence-corrected chi connectivity index (χ2v) is 3.70. The third kappa shape index (κ3) is 2.34. The highest BCUT2D eigenvalue weighted by Crippen LogP contribution is 2.36. The Morgan fingerprint density at radius 2 is 1.94 bits per heavy atom. The van der Waals surface area contributed by atoms with E-state index in [-0.39, 0.29) is 5.56 Å². The molecule has 0 unspecified atom stereocenters. The van der Waals surface area contributed by atoms with E-state index in [1.807, 2.05) is 6.07 Å². The maximum Gasteiger partial charge on any atom is 0.279 e. The molecule has 0 saturated carbocycles. The lowest BCUT2D eigenvalue weighted by Gasteiger charge is -2.15. The second kappa shape index (κ2) is 4.63. The normalized spacial score (nSPS) is 11.7. The molecule has 0 aliphatic carbocycles. The van der Waals surface area contributed by atoms with Crippen molar-refractivity contribution in [2.24, 2.45) is 0 Å². The van der Waals surface area contributed by atoms with Crippen LogP contribution in [0, 0.1) is 0 Å². The van der Waals surface area contributed by atoms with Gasteiger partial charge in [0, 0.05) is 18.6 Å². The molecule has 90 valence electrons. The van der Waals surface area contributed by atoms with Crippen LogP contribution in [-0.2, 0) is 5.92 Å². The van der Waals surface area contributed by atoms with Gasteiger partial charge in [0.15, 0.2) is 0 Å². The average Bonchev–Trinajstić information content (AvgIpc) is 2.79. The molecule has 2 N–H and O–H groups in total. The first-order valence-corrected chi connectivity index (χ1v) is 5.23. The monoisotopic (exact) mass is 238 g/mol. The number of aliphatic hydroxyl groups excluding tert-OH is 1. The molecule has 0 atom stereocenters. The van der Waals surface area contributed by atoms with Crippen molar-refractivity contribution in [1.29, 1.82) is 0 Å². The standard InChI is InChI=1S/C12H12F2N2O/c13-12(14,6-7-17)10-8-15-16-11(10)9-4-2-1-3-5-9/h1-5,8,17H,6-7H2,(H,15,16). The quantitative estimate of drug-likeness (QED) is 0.860. The second-order valence-electron chi connectivity index (χ2n) is 3.70. The van der Waals surface area contributed by atoms with Crippen LogP contribution in [0.4, 0.5) is 8.78 Å². The largest absolute Gasteiger partial charge is 0.396 e. The summed E-state index contributed by atoms with van der Waals surface area (Å²) in [4.78, 5) is 0. The van der Waals surface area contributed by atoms with Gasteiger partial charge < -0.3 is 5.11 Å². The fourth-order valence-corrected chi connectivity index (χ4v) is 1.66. The molecule has 1 aromatic carbocycles. The molecule has 0 aliphatic heterocycles. The number of alkyl halides is 2. The van der Waals surface area contributed by atoms with Gasteiger partial charge in [-0.15, -0.1) is 0 Å². The van der Waals surface area contributed by atoms with Gasteiger partial charge in [-0.2, -0.15) is 5.10 Å². The van der Waals surface area contributed by atoms with Gasteiger partial charge in [0.1, 0.15) is 0 Å². The third-order valence-electron chi connectivity index (χ3n) is 2.52. The molecule has 0 fully saturated rings. The minimum absolute atomic E-state index is 0.183. The van der Waals surface area contributed by atoms with Crippen LogP contribution in [0.1, 0.15) is 12.0 Å². The van der Waals surface area contributed by atoms with Crippen LogP contribution in [0.2, 0.25) is 0 Å². The summed E-state index contributed by atoms with van der Waals surface area (Å²) in [6, 6.07) is 8.80. The Balaban J connectivity index is 2.42. The number of aromatic nitrogens is 2. The Bertz CT molecular complexity index is 482. The highest BCUT2D eigenvalue weighted by molar-refractivity contribution is 5.63. The van der Waals surface area contributed by atoms with Gasteiger partial charge in [-0.3, -0.25) is 5.10 Å². The molecule has 1 aromatic heterocycles. The van der Waals surface area contributed by atoms with Crippen LogP contribution >= 0.6 is 0 Å². The molecule has 0 bridgehead atoms. The Kier molecular flexibility index (Phi) is 3.19. The molecule has 1 heterocycles. The first-order chi connectivity index (χ1) is 8.15. The van der Waals surface area contributed by atoms with Crippen LogP contribution < -0.4 is 0 Å².